The van der Waals surface area contributed by atoms with Crippen molar-refractivity contribution < 1.29 is 9.53 Å². The van der Waals surface area contributed by atoms with E-state index in [1.807, 2.05) is 27.8 Å². The molecule has 1 atom stereocenters. The average Bonchev–Trinajstić information content (AvgIpc) is 2.09. The molecule has 0 bridgehead atoms. The van der Waals surface area contributed by atoms with Crippen LogP contribution in [0.4, 0.5) is 4.79 Å². The average molecular weight is 216 g/mol. The summed E-state index contributed by atoms with van der Waals surface area (Å²) >= 11 is 0. The van der Waals surface area contributed by atoms with Gasteiger partial charge in [0.05, 0.1) is 0 Å². The first-order valence-electron chi connectivity index (χ1n) is 5.53. The Morgan fingerprint density at radius 2 is 2.00 bits per heavy atom. The Kier molecular flexibility index (Phi) is 6.32. The molecule has 0 fully saturated rings. The van der Waals surface area contributed by atoms with Crippen LogP contribution in [0, 0.1) is 0 Å². The van der Waals surface area contributed by atoms with Crippen molar-refractivity contribution in [2.75, 3.05) is 13.6 Å². The van der Waals surface area contributed by atoms with E-state index in [1.165, 1.54) is 0 Å². The highest BCUT2D eigenvalue weighted by molar-refractivity contribution is 5.68. The molecule has 0 aliphatic rings. The molecular formula is C11H24N2O2. The highest BCUT2D eigenvalue weighted by Crippen LogP contribution is 2.07. The van der Waals surface area contributed by atoms with Crippen molar-refractivity contribution in [2.24, 2.45) is 0 Å². The van der Waals surface area contributed by atoms with E-state index in [1.54, 1.807) is 0 Å². The smallest absolute Gasteiger partial charge is 0.407 e. The Hall–Kier alpha value is -0.770. The summed E-state index contributed by atoms with van der Waals surface area (Å²) < 4.78 is 5.18. The van der Waals surface area contributed by atoms with Gasteiger partial charge in [0, 0.05) is 6.04 Å². The lowest BCUT2D eigenvalue weighted by molar-refractivity contribution is 0.0500. The van der Waals surface area contributed by atoms with Gasteiger partial charge in [-0.1, -0.05) is 6.92 Å². The van der Waals surface area contributed by atoms with Gasteiger partial charge in [-0.15, -0.1) is 0 Å². The second-order valence-electron chi connectivity index (χ2n) is 4.64. The summed E-state index contributed by atoms with van der Waals surface area (Å²) in [5.74, 6) is 0. The van der Waals surface area contributed by atoms with Crippen LogP contribution in [0.2, 0.25) is 0 Å². The number of rotatable bonds is 5. The number of hydrogen-bond donors (Lipinski definition) is 2. The van der Waals surface area contributed by atoms with E-state index in [0.717, 1.165) is 19.4 Å². The van der Waals surface area contributed by atoms with E-state index >= 15 is 0 Å². The zero-order chi connectivity index (χ0) is 11.9. The second-order valence-corrected chi connectivity index (χ2v) is 4.64. The first-order chi connectivity index (χ1) is 6.89. The molecule has 1 unspecified atom stereocenters. The molecule has 0 spiro atoms. The number of hydrogen-bond acceptors (Lipinski definition) is 3. The Labute approximate surface area is 92.8 Å². The van der Waals surface area contributed by atoms with Gasteiger partial charge in [-0.2, -0.15) is 0 Å². The highest BCUT2D eigenvalue weighted by Gasteiger charge is 2.18. The van der Waals surface area contributed by atoms with Crippen LogP contribution < -0.4 is 10.6 Å². The third-order valence-electron chi connectivity index (χ3n) is 1.96. The fourth-order valence-electron chi connectivity index (χ4n) is 1.17. The van der Waals surface area contributed by atoms with Crippen LogP contribution in [-0.4, -0.2) is 31.3 Å². The monoisotopic (exact) mass is 216 g/mol. The van der Waals surface area contributed by atoms with Crippen LogP contribution in [0.5, 0.6) is 0 Å². The van der Waals surface area contributed by atoms with Gasteiger partial charge < -0.3 is 15.4 Å². The highest BCUT2D eigenvalue weighted by atomic mass is 16.6. The van der Waals surface area contributed by atoms with Crippen LogP contribution in [0.1, 0.15) is 40.5 Å². The molecule has 15 heavy (non-hydrogen) atoms. The number of amides is 1. The summed E-state index contributed by atoms with van der Waals surface area (Å²) in [6.07, 6.45) is 1.51. The van der Waals surface area contributed by atoms with E-state index in [-0.39, 0.29) is 12.1 Å². The van der Waals surface area contributed by atoms with Crippen LogP contribution >= 0.6 is 0 Å². The maximum atomic E-state index is 11.4. The maximum absolute atomic E-state index is 11.4. The van der Waals surface area contributed by atoms with E-state index in [9.17, 15) is 4.79 Å². The van der Waals surface area contributed by atoms with Crippen molar-refractivity contribution >= 4 is 6.09 Å². The minimum absolute atomic E-state index is 0.187. The lowest BCUT2D eigenvalue weighted by atomic mass is 10.1. The Balaban J connectivity index is 3.91. The quantitative estimate of drug-likeness (QED) is 0.738. The van der Waals surface area contributed by atoms with E-state index < -0.39 is 5.60 Å². The molecule has 0 radical (unpaired) electrons. The molecule has 0 aromatic heterocycles. The Morgan fingerprint density at radius 1 is 1.40 bits per heavy atom. The number of ether oxygens (including phenoxy) is 1. The Bertz CT molecular complexity index is 188. The third-order valence-corrected chi connectivity index (χ3v) is 1.96. The summed E-state index contributed by atoms with van der Waals surface area (Å²) in [5, 5.41) is 5.92. The van der Waals surface area contributed by atoms with Gasteiger partial charge in [-0.25, -0.2) is 4.79 Å². The van der Waals surface area contributed by atoms with Crippen molar-refractivity contribution in [1.82, 2.24) is 10.6 Å². The molecule has 0 aromatic rings. The molecule has 2 N–H and O–H groups in total. The van der Waals surface area contributed by atoms with E-state index in [2.05, 4.69) is 17.6 Å². The van der Waals surface area contributed by atoms with Crippen molar-refractivity contribution in [1.29, 1.82) is 0 Å². The minimum Gasteiger partial charge on any atom is -0.444 e. The summed E-state index contributed by atoms with van der Waals surface area (Å²) in [7, 11) is 1.90. The van der Waals surface area contributed by atoms with Crippen LogP contribution in [0.15, 0.2) is 0 Å². The predicted octanol–water partition coefficient (Wildman–Crippen LogP) is 1.90. The number of nitrogens with one attached hydrogen (secondary N) is 2. The van der Waals surface area contributed by atoms with Gasteiger partial charge in [-0.3, -0.25) is 0 Å². The van der Waals surface area contributed by atoms with Crippen molar-refractivity contribution in [2.45, 2.75) is 52.2 Å². The molecule has 4 nitrogen and oxygen atoms in total. The van der Waals surface area contributed by atoms with E-state index in [0.29, 0.717) is 0 Å². The topological polar surface area (TPSA) is 50.4 Å². The first-order valence-corrected chi connectivity index (χ1v) is 5.53. The molecule has 90 valence electrons. The fraction of sp³-hybridized carbons (Fsp3) is 0.909. The van der Waals surface area contributed by atoms with Gasteiger partial charge in [-0.05, 0) is 47.2 Å². The van der Waals surface area contributed by atoms with Crippen LogP contribution in [-0.2, 0) is 4.74 Å². The largest absolute Gasteiger partial charge is 0.444 e. The SMILES string of the molecule is CCC(CCNC)NC(=O)OC(C)(C)C. The second kappa shape index (κ2) is 6.67. The van der Waals surface area contributed by atoms with Gasteiger partial charge >= 0.3 is 6.09 Å². The van der Waals surface area contributed by atoms with Crippen molar-refractivity contribution in [3.05, 3.63) is 0 Å². The molecule has 4 heteroatoms. The first kappa shape index (κ1) is 14.2. The molecule has 0 aromatic carbocycles. The molecule has 0 rings (SSSR count). The van der Waals surface area contributed by atoms with Gasteiger partial charge in [0.1, 0.15) is 5.60 Å². The van der Waals surface area contributed by atoms with Crippen molar-refractivity contribution in [3.8, 4) is 0 Å². The summed E-state index contributed by atoms with van der Waals surface area (Å²) in [6, 6.07) is 0.187. The molecule has 1 amide bonds. The van der Waals surface area contributed by atoms with Gasteiger partial charge in [0.15, 0.2) is 0 Å². The maximum Gasteiger partial charge on any atom is 0.407 e. The summed E-state index contributed by atoms with van der Waals surface area (Å²) in [6.45, 7) is 8.54. The predicted molar refractivity (Wildman–Crippen MR) is 62.0 cm³/mol. The fourth-order valence-corrected chi connectivity index (χ4v) is 1.17. The molecule has 0 aliphatic carbocycles. The lowest BCUT2D eigenvalue weighted by Gasteiger charge is -2.23. The zero-order valence-corrected chi connectivity index (χ0v) is 10.5. The molecule has 0 heterocycles. The van der Waals surface area contributed by atoms with Gasteiger partial charge in [0.2, 0.25) is 0 Å². The normalized spacial score (nSPS) is 13.4. The summed E-state index contributed by atoms with van der Waals surface area (Å²) in [4.78, 5) is 11.4. The van der Waals surface area contributed by atoms with Crippen LogP contribution in [0.25, 0.3) is 0 Å². The minimum atomic E-state index is -0.425. The number of carbonyl (C=O) groups is 1. The third kappa shape index (κ3) is 8.24. The van der Waals surface area contributed by atoms with E-state index in [4.69, 9.17) is 4.74 Å². The number of alkyl carbamates (subject to hydrolysis) is 1. The van der Waals surface area contributed by atoms with Crippen molar-refractivity contribution in [3.63, 3.8) is 0 Å². The lowest BCUT2D eigenvalue weighted by Crippen LogP contribution is -2.40. The molecule has 0 saturated heterocycles. The zero-order valence-electron chi connectivity index (χ0n) is 10.5. The molecule has 0 aliphatic heterocycles. The van der Waals surface area contributed by atoms with Gasteiger partial charge in [0.25, 0.3) is 0 Å². The Morgan fingerprint density at radius 3 is 2.40 bits per heavy atom. The standard InChI is InChI=1S/C11H24N2O2/c1-6-9(7-8-12-5)13-10(14)15-11(2,3)4/h9,12H,6-8H2,1-5H3,(H,13,14). The molecular weight excluding hydrogens is 192 g/mol. The molecule has 0 saturated carbocycles. The number of carbonyl (C=O) groups excluding carboxylic acids is 1. The summed E-state index contributed by atoms with van der Waals surface area (Å²) in [5.41, 5.74) is -0.425. The van der Waals surface area contributed by atoms with Crippen LogP contribution in [0.3, 0.4) is 0 Å².